The fourth-order valence-electron chi connectivity index (χ4n) is 1.06. The van der Waals surface area contributed by atoms with Crippen LogP contribution in [0.25, 0.3) is 0 Å². The van der Waals surface area contributed by atoms with E-state index in [1.165, 1.54) is 0 Å². The van der Waals surface area contributed by atoms with Crippen molar-refractivity contribution in [3.8, 4) is 0 Å². The number of amides is 1. The Morgan fingerprint density at radius 2 is 1.26 bits per heavy atom. The molecule has 0 aliphatic carbocycles. The molecule has 0 unspecified atom stereocenters. The van der Waals surface area contributed by atoms with Crippen LogP contribution in [0.1, 0.15) is 6.42 Å². The number of nitrogens with two attached hydrogens (primary N) is 1. The molecule has 19 heavy (non-hydrogen) atoms. The molecule has 0 saturated carbocycles. The van der Waals surface area contributed by atoms with Crippen molar-refractivity contribution in [2.24, 2.45) is 5.84 Å². The number of carbonyl (C=O) groups is 1. The van der Waals surface area contributed by atoms with E-state index in [1.807, 2.05) is 5.43 Å². The number of carbonyl (C=O) groups excluding carboxylic acids is 1. The van der Waals surface area contributed by atoms with Gasteiger partial charge in [0.2, 0.25) is 5.91 Å². The smallest absolute Gasteiger partial charge is 0.236 e. The van der Waals surface area contributed by atoms with Crippen LogP contribution in [-0.4, -0.2) is 64.5 Å². The number of hydrazine groups is 1. The predicted octanol–water partition coefficient (Wildman–Crippen LogP) is -0.637. The number of hydrogen-bond acceptors (Lipinski definition) is 7. The molecule has 1 amide bonds. The first-order valence-corrected chi connectivity index (χ1v) is 6.85. The Labute approximate surface area is 119 Å². The van der Waals surface area contributed by atoms with Crippen LogP contribution in [0.3, 0.4) is 0 Å². The monoisotopic (exact) mass is 296 g/mol. The standard InChI is InChI=1S/C11H24N2O5S/c12-13-11(14)1-2-15-3-4-16-5-6-17-7-8-18-9-10-19/h19H,1-10,12H2,(H,13,14). The quantitative estimate of drug-likeness (QED) is 0.130. The van der Waals surface area contributed by atoms with Gasteiger partial charge < -0.3 is 18.9 Å². The number of hydrogen-bond donors (Lipinski definition) is 3. The van der Waals surface area contributed by atoms with E-state index in [4.69, 9.17) is 24.8 Å². The van der Waals surface area contributed by atoms with Crippen molar-refractivity contribution in [2.75, 3.05) is 58.6 Å². The lowest BCUT2D eigenvalue weighted by atomic mass is 10.4. The molecule has 0 atom stereocenters. The lowest BCUT2D eigenvalue weighted by Gasteiger charge is -2.07. The Hall–Kier alpha value is -0.380. The minimum Gasteiger partial charge on any atom is -0.379 e. The first kappa shape index (κ1) is 18.6. The summed E-state index contributed by atoms with van der Waals surface area (Å²) >= 11 is 4.02. The van der Waals surface area contributed by atoms with Gasteiger partial charge in [-0.15, -0.1) is 0 Å². The molecule has 3 N–H and O–H groups in total. The molecule has 0 aromatic carbocycles. The first-order chi connectivity index (χ1) is 9.31. The molecule has 0 aliphatic rings. The summed E-state index contributed by atoms with van der Waals surface area (Å²) in [5.74, 6) is 5.39. The second-order valence-corrected chi connectivity index (χ2v) is 3.94. The van der Waals surface area contributed by atoms with Gasteiger partial charge in [0.05, 0.1) is 59.3 Å². The first-order valence-electron chi connectivity index (χ1n) is 6.22. The van der Waals surface area contributed by atoms with Gasteiger partial charge in [-0.25, -0.2) is 5.84 Å². The molecule has 0 spiro atoms. The van der Waals surface area contributed by atoms with Crippen molar-refractivity contribution in [2.45, 2.75) is 6.42 Å². The van der Waals surface area contributed by atoms with Crippen LogP contribution in [0.15, 0.2) is 0 Å². The maximum absolute atomic E-state index is 10.7. The van der Waals surface area contributed by atoms with Gasteiger partial charge in [-0.2, -0.15) is 12.6 Å². The van der Waals surface area contributed by atoms with Crippen molar-refractivity contribution < 1.29 is 23.7 Å². The van der Waals surface area contributed by atoms with Crippen molar-refractivity contribution in [1.29, 1.82) is 0 Å². The highest BCUT2D eigenvalue weighted by molar-refractivity contribution is 7.80. The lowest BCUT2D eigenvalue weighted by Crippen LogP contribution is -2.30. The summed E-state index contributed by atoms with van der Waals surface area (Å²) < 4.78 is 20.9. The van der Waals surface area contributed by atoms with E-state index >= 15 is 0 Å². The van der Waals surface area contributed by atoms with E-state index in [9.17, 15) is 4.79 Å². The molecule has 7 nitrogen and oxygen atoms in total. The highest BCUT2D eigenvalue weighted by Crippen LogP contribution is 1.85. The van der Waals surface area contributed by atoms with Crippen molar-refractivity contribution in [1.82, 2.24) is 5.43 Å². The largest absolute Gasteiger partial charge is 0.379 e. The van der Waals surface area contributed by atoms with Crippen molar-refractivity contribution in [3.05, 3.63) is 0 Å². The molecule has 0 aromatic rings. The molecule has 0 saturated heterocycles. The summed E-state index contributed by atoms with van der Waals surface area (Å²) in [6.45, 7) is 4.08. The Kier molecular flexibility index (Phi) is 15.4. The van der Waals surface area contributed by atoms with Crippen LogP contribution in [0.2, 0.25) is 0 Å². The zero-order chi connectivity index (χ0) is 14.2. The van der Waals surface area contributed by atoms with Gasteiger partial charge in [0.15, 0.2) is 0 Å². The number of rotatable bonds is 14. The van der Waals surface area contributed by atoms with Crippen LogP contribution < -0.4 is 11.3 Å². The summed E-state index contributed by atoms with van der Waals surface area (Å²) in [4.78, 5) is 10.7. The molecule has 0 radical (unpaired) electrons. The summed E-state index contributed by atoms with van der Waals surface area (Å²) in [5, 5.41) is 0. The minimum atomic E-state index is -0.241. The SMILES string of the molecule is NNC(=O)CCOCCOCCOCCOCCS. The summed E-state index contributed by atoms with van der Waals surface area (Å²) in [7, 11) is 0. The third kappa shape index (κ3) is 15.6. The summed E-state index contributed by atoms with van der Waals surface area (Å²) in [6.07, 6.45) is 0.256. The van der Waals surface area contributed by atoms with Gasteiger partial charge in [-0.3, -0.25) is 10.2 Å². The van der Waals surface area contributed by atoms with Crippen molar-refractivity contribution in [3.63, 3.8) is 0 Å². The van der Waals surface area contributed by atoms with Gasteiger partial charge in [-0.1, -0.05) is 0 Å². The van der Waals surface area contributed by atoms with E-state index in [0.29, 0.717) is 52.9 Å². The molecule has 0 bridgehead atoms. The predicted molar refractivity (Wildman–Crippen MR) is 74.1 cm³/mol. The fourth-order valence-corrected chi connectivity index (χ4v) is 1.19. The van der Waals surface area contributed by atoms with Crippen LogP contribution in [-0.2, 0) is 23.7 Å². The van der Waals surface area contributed by atoms with Gasteiger partial charge in [0.1, 0.15) is 0 Å². The number of ether oxygens (including phenoxy) is 4. The molecule has 0 fully saturated rings. The summed E-state index contributed by atoms with van der Waals surface area (Å²) in [6, 6.07) is 0. The van der Waals surface area contributed by atoms with Crippen LogP contribution >= 0.6 is 12.6 Å². The third-order valence-corrected chi connectivity index (χ3v) is 2.17. The number of nitrogens with one attached hydrogen (secondary N) is 1. The van der Waals surface area contributed by atoms with E-state index < -0.39 is 0 Å². The second-order valence-electron chi connectivity index (χ2n) is 3.49. The Balaban J connectivity index is 2.97. The topological polar surface area (TPSA) is 92.0 Å². The Morgan fingerprint density at radius 3 is 1.68 bits per heavy atom. The van der Waals surface area contributed by atoms with Gasteiger partial charge in [-0.05, 0) is 0 Å². The normalized spacial score (nSPS) is 10.6. The van der Waals surface area contributed by atoms with Crippen LogP contribution in [0.4, 0.5) is 0 Å². The van der Waals surface area contributed by atoms with E-state index in [0.717, 1.165) is 5.75 Å². The zero-order valence-electron chi connectivity index (χ0n) is 11.1. The second kappa shape index (κ2) is 15.7. The van der Waals surface area contributed by atoms with Crippen LogP contribution in [0, 0.1) is 0 Å². The maximum Gasteiger partial charge on any atom is 0.236 e. The molecule has 114 valence electrons. The third-order valence-electron chi connectivity index (χ3n) is 1.99. The molecule has 8 heteroatoms. The molecular weight excluding hydrogens is 272 g/mol. The van der Waals surface area contributed by atoms with Crippen molar-refractivity contribution >= 4 is 18.5 Å². The highest BCUT2D eigenvalue weighted by atomic mass is 32.1. The Morgan fingerprint density at radius 1 is 0.842 bits per heavy atom. The lowest BCUT2D eigenvalue weighted by molar-refractivity contribution is -0.122. The Bertz CT molecular complexity index is 210. The maximum atomic E-state index is 10.7. The number of thiol groups is 1. The fraction of sp³-hybridized carbons (Fsp3) is 0.909. The van der Waals surface area contributed by atoms with Gasteiger partial charge in [0, 0.05) is 5.75 Å². The molecule has 0 aliphatic heterocycles. The average molecular weight is 296 g/mol. The minimum absolute atomic E-state index is 0.241. The van der Waals surface area contributed by atoms with Gasteiger partial charge in [0.25, 0.3) is 0 Å². The molecule has 0 rings (SSSR count). The highest BCUT2D eigenvalue weighted by Gasteiger charge is 1.97. The zero-order valence-corrected chi connectivity index (χ0v) is 12.0. The summed E-state index contributed by atoms with van der Waals surface area (Å²) in [5.41, 5.74) is 2.03. The molecule has 0 aromatic heterocycles. The molecular formula is C11H24N2O5S. The van der Waals surface area contributed by atoms with Gasteiger partial charge >= 0.3 is 0 Å². The average Bonchev–Trinajstić information content (AvgIpc) is 2.43. The van der Waals surface area contributed by atoms with E-state index in [-0.39, 0.29) is 12.3 Å². The van der Waals surface area contributed by atoms with E-state index in [1.54, 1.807) is 0 Å². The molecule has 0 heterocycles. The van der Waals surface area contributed by atoms with Crippen LogP contribution in [0.5, 0.6) is 0 Å². The van der Waals surface area contributed by atoms with E-state index in [2.05, 4.69) is 12.6 Å².